The maximum atomic E-state index is 10.8. The van der Waals surface area contributed by atoms with Gasteiger partial charge in [0.25, 0.3) is 0 Å². The second-order valence-corrected chi connectivity index (χ2v) is 2.27. The normalized spacial score (nSPS) is 8.54. The first-order chi connectivity index (χ1) is 6.27. The third-order valence-corrected chi connectivity index (χ3v) is 1.42. The van der Waals surface area contributed by atoms with Gasteiger partial charge in [-0.25, -0.2) is 4.79 Å². The van der Waals surface area contributed by atoms with E-state index in [1.807, 2.05) is 0 Å². The summed E-state index contributed by atoms with van der Waals surface area (Å²) in [5.74, 6) is 2.29. The zero-order valence-corrected chi connectivity index (χ0v) is 6.99. The molecule has 0 saturated carbocycles. The minimum Gasteiger partial charge on any atom is -0.422 e. The van der Waals surface area contributed by atoms with Crippen molar-refractivity contribution < 1.29 is 9.53 Å². The number of hydrogen-bond acceptors (Lipinski definition) is 2. The van der Waals surface area contributed by atoms with Crippen LogP contribution in [0.1, 0.15) is 5.56 Å². The van der Waals surface area contributed by atoms with E-state index in [-0.39, 0.29) is 0 Å². The van der Waals surface area contributed by atoms with Gasteiger partial charge in [-0.1, -0.05) is 24.6 Å². The number of benzene rings is 1. The standard InChI is InChI=1S/C11H8O2/c1-3-9-7-5-6-8-10(9)13-11(12)4-2/h1,4-8H,2H2. The van der Waals surface area contributed by atoms with E-state index in [1.165, 1.54) is 0 Å². The Labute approximate surface area is 76.8 Å². The molecule has 0 bridgehead atoms. The predicted molar refractivity (Wildman–Crippen MR) is 50.2 cm³/mol. The van der Waals surface area contributed by atoms with Gasteiger partial charge in [-0.15, -0.1) is 6.42 Å². The van der Waals surface area contributed by atoms with E-state index in [2.05, 4.69) is 12.5 Å². The summed E-state index contributed by atoms with van der Waals surface area (Å²) >= 11 is 0. The quantitative estimate of drug-likeness (QED) is 0.294. The van der Waals surface area contributed by atoms with Crippen LogP contribution in [0.25, 0.3) is 0 Å². The van der Waals surface area contributed by atoms with Crippen LogP contribution in [0.5, 0.6) is 5.75 Å². The van der Waals surface area contributed by atoms with E-state index in [0.29, 0.717) is 11.3 Å². The fourth-order valence-electron chi connectivity index (χ4n) is 0.825. The molecule has 0 aliphatic heterocycles. The largest absolute Gasteiger partial charge is 0.422 e. The van der Waals surface area contributed by atoms with Crippen molar-refractivity contribution in [3.8, 4) is 18.1 Å². The Kier molecular flexibility index (Phi) is 2.88. The molecule has 13 heavy (non-hydrogen) atoms. The average molecular weight is 172 g/mol. The molecule has 1 aromatic rings. The Balaban J connectivity index is 2.95. The number of terminal acetylenes is 1. The summed E-state index contributed by atoms with van der Waals surface area (Å²) < 4.78 is 4.89. The maximum Gasteiger partial charge on any atom is 0.335 e. The molecule has 0 unspecified atom stereocenters. The molecule has 0 fully saturated rings. The molecule has 1 aromatic carbocycles. The minimum absolute atomic E-state index is 0.384. The Morgan fingerprint density at radius 1 is 1.54 bits per heavy atom. The van der Waals surface area contributed by atoms with E-state index >= 15 is 0 Å². The highest BCUT2D eigenvalue weighted by Gasteiger charge is 2.02. The Hall–Kier alpha value is -2.01. The zero-order valence-electron chi connectivity index (χ0n) is 6.99. The summed E-state index contributed by atoms with van der Waals surface area (Å²) in [4.78, 5) is 10.8. The van der Waals surface area contributed by atoms with Crippen molar-refractivity contribution in [2.75, 3.05) is 0 Å². The van der Waals surface area contributed by atoms with Crippen LogP contribution in [0.3, 0.4) is 0 Å². The molecule has 0 spiro atoms. The summed E-state index contributed by atoms with van der Waals surface area (Å²) in [6.07, 6.45) is 6.29. The lowest BCUT2D eigenvalue weighted by molar-refractivity contribution is -0.128. The van der Waals surface area contributed by atoms with E-state index in [0.717, 1.165) is 6.08 Å². The second kappa shape index (κ2) is 4.13. The SMILES string of the molecule is C#Cc1ccccc1OC(=O)C=C. The first kappa shape index (κ1) is 9.08. The van der Waals surface area contributed by atoms with Crippen LogP contribution in [-0.4, -0.2) is 5.97 Å². The number of carbonyl (C=O) groups excluding carboxylic acids is 1. The van der Waals surface area contributed by atoms with E-state index in [1.54, 1.807) is 24.3 Å². The highest BCUT2D eigenvalue weighted by molar-refractivity contribution is 5.83. The third kappa shape index (κ3) is 2.21. The van der Waals surface area contributed by atoms with E-state index in [4.69, 9.17) is 11.2 Å². The van der Waals surface area contributed by atoms with Gasteiger partial charge in [0.1, 0.15) is 5.75 Å². The molecular formula is C11H8O2. The van der Waals surface area contributed by atoms with Gasteiger partial charge < -0.3 is 4.74 Å². The van der Waals surface area contributed by atoms with Gasteiger partial charge >= 0.3 is 5.97 Å². The number of rotatable bonds is 2. The van der Waals surface area contributed by atoms with Crippen molar-refractivity contribution in [1.29, 1.82) is 0 Å². The molecule has 0 amide bonds. The van der Waals surface area contributed by atoms with Crippen molar-refractivity contribution >= 4 is 5.97 Å². The summed E-state index contributed by atoms with van der Waals surface area (Å²) in [5, 5.41) is 0. The lowest BCUT2D eigenvalue weighted by Gasteiger charge is -2.02. The molecule has 0 aliphatic rings. The minimum atomic E-state index is -0.511. The van der Waals surface area contributed by atoms with E-state index in [9.17, 15) is 4.79 Å². The summed E-state index contributed by atoms with van der Waals surface area (Å²) in [6, 6.07) is 6.86. The van der Waals surface area contributed by atoms with E-state index < -0.39 is 5.97 Å². The second-order valence-electron chi connectivity index (χ2n) is 2.27. The summed E-state index contributed by atoms with van der Waals surface area (Å²) in [7, 11) is 0. The van der Waals surface area contributed by atoms with Crippen LogP contribution < -0.4 is 4.74 Å². The molecule has 0 saturated heterocycles. The molecule has 0 radical (unpaired) electrons. The first-order valence-corrected chi connectivity index (χ1v) is 3.68. The Morgan fingerprint density at radius 2 is 2.23 bits per heavy atom. The number of carbonyl (C=O) groups is 1. The smallest absolute Gasteiger partial charge is 0.335 e. The number of ether oxygens (including phenoxy) is 1. The molecule has 2 heteroatoms. The molecule has 0 aromatic heterocycles. The highest BCUT2D eigenvalue weighted by atomic mass is 16.5. The van der Waals surface area contributed by atoms with Crippen LogP contribution in [-0.2, 0) is 4.79 Å². The van der Waals surface area contributed by atoms with Gasteiger partial charge in [0.05, 0.1) is 5.56 Å². The van der Waals surface area contributed by atoms with Gasteiger partial charge in [-0.2, -0.15) is 0 Å². The van der Waals surface area contributed by atoms with Gasteiger partial charge in [0.2, 0.25) is 0 Å². The van der Waals surface area contributed by atoms with Crippen LogP contribution in [0, 0.1) is 12.3 Å². The Morgan fingerprint density at radius 3 is 2.85 bits per heavy atom. The monoisotopic (exact) mass is 172 g/mol. The lowest BCUT2D eigenvalue weighted by Crippen LogP contribution is -2.04. The zero-order chi connectivity index (χ0) is 9.68. The molecule has 64 valence electrons. The fourth-order valence-corrected chi connectivity index (χ4v) is 0.825. The van der Waals surface area contributed by atoms with Gasteiger partial charge in [0, 0.05) is 6.08 Å². The first-order valence-electron chi connectivity index (χ1n) is 3.68. The van der Waals surface area contributed by atoms with Crippen molar-refractivity contribution in [3.63, 3.8) is 0 Å². The van der Waals surface area contributed by atoms with Crippen molar-refractivity contribution in [1.82, 2.24) is 0 Å². The molecular weight excluding hydrogens is 164 g/mol. The predicted octanol–water partition coefficient (Wildman–Crippen LogP) is 1.76. The highest BCUT2D eigenvalue weighted by Crippen LogP contribution is 2.16. The van der Waals surface area contributed by atoms with Crippen molar-refractivity contribution in [3.05, 3.63) is 42.5 Å². The van der Waals surface area contributed by atoms with Crippen molar-refractivity contribution in [2.24, 2.45) is 0 Å². The molecule has 0 atom stereocenters. The average Bonchev–Trinajstić information content (AvgIpc) is 2.18. The molecule has 0 N–H and O–H groups in total. The third-order valence-electron chi connectivity index (χ3n) is 1.42. The number of esters is 1. The maximum absolute atomic E-state index is 10.8. The summed E-state index contributed by atoms with van der Waals surface area (Å²) in [6.45, 7) is 3.29. The lowest BCUT2D eigenvalue weighted by atomic mass is 10.2. The topological polar surface area (TPSA) is 26.3 Å². The number of para-hydroxylation sites is 1. The number of hydrogen-bond donors (Lipinski definition) is 0. The summed E-state index contributed by atoms with van der Waals surface area (Å²) in [5.41, 5.74) is 0.553. The Bertz CT molecular complexity index is 372. The molecule has 0 heterocycles. The van der Waals surface area contributed by atoms with Gasteiger partial charge in [0.15, 0.2) is 0 Å². The van der Waals surface area contributed by atoms with Gasteiger partial charge in [-0.05, 0) is 12.1 Å². The van der Waals surface area contributed by atoms with Crippen LogP contribution in [0.4, 0.5) is 0 Å². The molecule has 1 rings (SSSR count). The molecule has 2 nitrogen and oxygen atoms in total. The molecule has 0 aliphatic carbocycles. The van der Waals surface area contributed by atoms with Crippen LogP contribution >= 0.6 is 0 Å². The van der Waals surface area contributed by atoms with Gasteiger partial charge in [-0.3, -0.25) is 0 Å². The van der Waals surface area contributed by atoms with Crippen LogP contribution in [0.15, 0.2) is 36.9 Å². The van der Waals surface area contributed by atoms with Crippen molar-refractivity contribution in [2.45, 2.75) is 0 Å². The fraction of sp³-hybridized carbons (Fsp3) is 0. The van der Waals surface area contributed by atoms with Crippen LogP contribution in [0.2, 0.25) is 0 Å².